The molecule has 2 aromatic carbocycles. The Kier molecular flexibility index (Phi) is 2.52. The van der Waals surface area contributed by atoms with Crippen molar-refractivity contribution in [3.8, 4) is 17.2 Å². The van der Waals surface area contributed by atoms with Crippen LogP contribution in [-0.2, 0) is 15.1 Å². The van der Waals surface area contributed by atoms with Crippen LogP contribution in [0.3, 0.4) is 0 Å². The molecule has 2 heterocycles. The van der Waals surface area contributed by atoms with Gasteiger partial charge in [0.2, 0.25) is 0 Å². The Bertz CT molecular complexity index is 954. The van der Waals surface area contributed by atoms with Crippen molar-refractivity contribution in [2.75, 3.05) is 0 Å². The minimum Gasteiger partial charge on any atom is -0.508 e. The second kappa shape index (κ2) is 4.51. The summed E-state index contributed by atoms with van der Waals surface area (Å²) in [6.45, 7) is 0. The van der Waals surface area contributed by atoms with E-state index in [0.29, 0.717) is 17.9 Å². The summed E-state index contributed by atoms with van der Waals surface area (Å²) in [5, 5.41) is 9.84. The predicted octanol–water partition coefficient (Wildman–Crippen LogP) is 3.94. The Morgan fingerprint density at radius 2 is 1.88 bits per heavy atom. The lowest BCUT2D eigenvalue weighted by Gasteiger charge is -2.37. The van der Waals surface area contributed by atoms with E-state index in [0.717, 1.165) is 28.7 Å². The van der Waals surface area contributed by atoms with Gasteiger partial charge in [-0.1, -0.05) is 30.4 Å². The molecule has 0 bridgehead atoms. The number of hydrogen-bond acceptors (Lipinski definition) is 4. The van der Waals surface area contributed by atoms with Crippen LogP contribution in [-0.4, -0.2) is 11.1 Å². The summed E-state index contributed by atoms with van der Waals surface area (Å²) >= 11 is 0. The van der Waals surface area contributed by atoms with Gasteiger partial charge in [-0.3, -0.25) is 0 Å². The van der Waals surface area contributed by atoms with Crippen molar-refractivity contribution >= 4 is 5.97 Å². The number of carbonyl (C=O) groups excluding carboxylic acids is 1. The Labute approximate surface area is 138 Å². The molecule has 1 aliphatic carbocycles. The largest absolute Gasteiger partial charge is 0.508 e. The fourth-order valence-electron chi connectivity index (χ4n) is 3.86. The number of esters is 1. The molecule has 5 rings (SSSR count). The molecule has 118 valence electrons. The highest BCUT2D eigenvalue weighted by Crippen LogP contribution is 2.57. The highest BCUT2D eigenvalue weighted by atomic mass is 16.6. The third kappa shape index (κ3) is 1.55. The van der Waals surface area contributed by atoms with E-state index in [1.807, 2.05) is 30.3 Å². The summed E-state index contributed by atoms with van der Waals surface area (Å²) in [7, 11) is 0. The van der Waals surface area contributed by atoms with Crippen molar-refractivity contribution < 1.29 is 19.4 Å². The second-order valence-corrected chi connectivity index (χ2v) is 6.18. The van der Waals surface area contributed by atoms with Gasteiger partial charge in [0.25, 0.3) is 0 Å². The summed E-state index contributed by atoms with van der Waals surface area (Å²) in [6.07, 6.45) is 5.58. The van der Waals surface area contributed by atoms with Gasteiger partial charge in [0, 0.05) is 28.3 Å². The molecule has 1 spiro atoms. The van der Waals surface area contributed by atoms with Crippen molar-refractivity contribution in [1.82, 2.24) is 0 Å². The number of phenols is 1. The Morgan fingerprint density at radius 3 is 2.79 bits per heavy atom. The van der Waals surface area contributed by atoms with Crippen LogP contribution in [0.1, 0.15) is 24.0 Å². The first-order valence-corrected chi connectivity index (χ1v) is 7.94. The summed E-state index contributed by atoms with van der Waals surface area (Å²) in [5.41, 5.74) is 2.16. The maximum Gasteiger partial charge on any atom is 0.336 e. The minimum atomic E-state index is -0.999. The molecule has 1 atom stereocenters. The topological polar surface area (TPSA) is 55.8 Å². The highest BCUT2D eigenvalue weighted by molar-refractivity contribution is 5.96. The Hall–Kier alpha value is -3.01. The van der Waals surface area contributed by atoms with Gasteiger partial charge in [0.05, 0.1) is 0 Å². The lowest BCUT2D eigenvalue weighted by Crippen LogP contribution is -2.33. The van der Waals surface area contributed by atoms with Crippen LogP contribution >= 0.6 is 0 Å². The van der Waals surface area contributed by atoms with Gasteiger partial charge in [-0.15, -0.1) is 0 Å². The van der Waals surface area contributed by atoms with Crippen molar-refractivity contribution in [2.45, 2.75) is 18.4 Å². The first kappa shape index (κ1) is 13.4. The van der Waals surface area contributed by atoms with Crippen LogP contribution in [0, 0.1) is 0 Å². The number of aromatic hydroxyl groups is 1. The zero-order valence-corrected chi connectivity index (χ0v) is 12.8. The standard InChI is InChI=1S/C20H14O4/c21-12-9-10-16-18(11-12)23-17-8-4-3-7-15(17)20(16)14-6-2-1-5-13(14)19(22)24-20/h2-4,6-11,21H,1,5H2. The van der Waals surface area contributed by atoms with E-state index in [4.69, 9.17) is 9.47 Å². The third-order valence-corrected chi connectivity index (χ3v) is 4.87. The molecule has 2 aromatic rings. The van der Waals surface area contributed by atoms with Crippen molar-refractivity contribution in [1.29, 1.82) is 0 Å². The first-order chi connectivity index (χ1) is 11.7. The van der Waals surface area contributed by atoms with Gasteiger partial charge in [-0.05, 0) is 31.0 Å². The molecule has 24 heavy (non-hydrogen) atoms. The van der Waals surface area contributed by atoms with Crippen molar-refractivity contribution in [3.05, 3.63) is 76.9 Å². The monoisotopic (exact) mass is 318 g/mol. The SMILES string of the molecule is O=C1OC2(C3=C1CCC=C3)c1ccccc1Oc1cc(O)ccc12. The quantitative estimate of drug-likeness (QED) is 0.747. The normalized spacial score (nSPS) is 23.4. The summed E-state index contributed by atoms with van der Waals surface area (Å²) in [5.74, 6) is 0.983. The molecule has 0 amide bonds. The van der Waals surface area contributed by atoms with Crippen LogP contribution in [0.25, 0.3) is 0 Å². The zero-order valence-electron chi connectivity index (χ0n) is 12.8. The number of benzene rings is 2. The summed E-state index contributed by atoms with van der Waals surface area (Å²) in [6, 6.07) is 12.5. The molecular weight excluding hydrogens is 304 g/mol. The smallest absolute Gasteiger partial charge is 0.336 e. The van der Waals surface area contributed by atoms with E-state index in [1.165, 1.54) is 0 Å². The Balaban J connectivity index is 1.88. The van der Waals surface area contributed by atoms with Crippen LogP contribution in [0.4, 0.5) is 0 Å². The van der Waals surface area contributed by atoms with Gasteiger partial charge < -0.3 is 14.6 Å². The Morgan fingerprint density at radius 1 is 1.04 bits per heavy atom. The van der Waals surface area contributed by atoms with E-state index in [9.17, 15) is 9.90 Å². The molecule has 3 aliphatic rings. The number of allylic oxidation sites excluding steroid dienone is 1. The zero-order chi connectivity index (χ0) is 16.3. The number of para-hydroxylation sites is 1. The molecule has 0 fully saturated rings. The molecule has 1 unspecified atom stereocenters. The van der Waals surface area contributed by atoms with Crippen LogP contribution in [0.5, 0.6) is 17.2 Å². The van der Waals surface area contributed by atoms with E-state index >= 15 is 0 Å². The van der Waals surface area contributed by atoms with Crippen LogP contribution in [0.2, 0.25) is 0 Å². The molecular formula is C20H14O4. The van der Waals surface area contributed by atoms with Gasteiger partial charge in [0.15, 0.2) is 5.60 Å². The molecule has 1 N–H and O–H groups in total. The molecule has 0 saturated heterocycles. The van der Waals surface area contributed by atoms with Crippen LogP contribution < -0.4 is 4.74 Å². The number of ether oxygens (including phenoxy) is 2. The second-order valence-electron chi connectivity index (χ2n) is 6.18. The fraction of sp³-hybridized carbons (Fsp3) is 0.150. The molecule has 0 radical (unpaired) electrons. The minimum absolute atomic E-state index is 0.112. The molecule has 2 aliphatic heterocycles. The summed E-state index contributed by atoms with van der Waals surface area (Å²) < 4.78 is 12.0. The van der Waals surface area contributed by atoms with Gasteiger partial charge in [-0.25, -0.2) is 4.79 Å². The predicted molar refractivity (Wildman–Crippen MR) is 86.9 cm³/mol. The average molecular weight is 318 g/mol. The number of hydrogen-bond donors (Lipinski definition) is 1. The lowest BCUT2D eigenvalue weighted by molar-refractivity contribution is -0.145. The average Bonchev–Trinajstić information content (AvgIpc) is 2.89. The van der Waals surface area contributed by atoms with E-state index < -0.39 is 5.60 Å². The van der Waals surface area contributed by atoms with Crippen molar-refractivity contribution in [3.63, 3.8) is 0 Å². The maximum absolute atomic E-state index is 12.6. The van der Waals surface area contributed by atoms with Crippen LogP contribution in [0.15, 0.2) is 65.8 Å². The third-order valence-electron chi connectivity index (χ3n) is 4.87. The van der Waals surface area contributed by atoms with Gasteiger partial charge in [-0.2, -0.15) is 0 Å². The van der Waals surface area contributed by atoms with E-state index in [2.05, 4.69) is 6.08 Å². The van der Waals surface area contributed by atoms with Crippen molar-refractivity contribution in [2.24, 2.45) is 0 Å². The summed E-state index contributed by atoms with van der Waals surface area (Å²) in [4.78, 5) is 12.6. The lowest BCUT2D eigenvalue weighted by atomic mass is 9.75. The highest BCUT2D eigenvalue weighted by Gasteiger charge is 2.54. The molecule has 4 heteroatoms. The molecule has 0 aromatic heterocycles. The fourth-order valence-corrected chi connectivity index (χ4v) is 3.86. The van der Waals surface area contributed by atoms with Gasteiger partial charge in [0.1, 0.15) is 17.2 Å². The van der Waals surface area contributed by atoms with E-state index in [1.54, 1.807) is 18.2 Å². The molecule has 4 nitrogen and oxygen atoms in total. The molecule has 0 saturated carbocycles. The first-order valence-electron chi connectivity index (χ1n) is 7.94. The number of rotatable bonds is 0. The number of fused-ring (bicyclic) bond motifs is 5. The number of phenolic OH excluding ortho intramolecular Hbond substituents is 1. The number of carbonyl (C=O) groups is 1. The van der Waals surface area contributed by atoms with E-state index in [-0.39, 0.29) is 11.7 Å². The maximum atomic E-state index is 12.6. The van der Waals surface area contributed by atoms with Gasteiger partial charge >= 0.3 is 5.97 Å².